The fourth-order valence-corrected chi connectivity index (χ4v) is 4.24. The number of benzene rings is 3. The van der Waals surface area contributed by atoms with E-state index in [0.29, 0.717) is 0 Å². The second-order valence-electron chi connectivity index (χ2n) is 6.74. The lowest BCUT2D eigenvalue weighted by Gasteiger charge is -2.26. The van der Waals surface area contributed by atoms with E-state index in [0.717, 1.165) is 11.1 Å². The fourth-order valence-electron chi connectivity index (χ4n) is 4.24. The average Bonchev–Trinajstić information content (AvgIpc) is 3.37. The van der Waals surface area contributed by atoms with E-state index in [1.54, 1.807) is 0 Å². The van der Waals surface area contributed by atoms with Gasteiger partial charge >= 0.3 is 0 Å². The van der Waals surface area contributed by atoms with Crippen LogP contribution in [0.5, 0.6) is 0 Å². The van der Waals surface area contributed by atoms with E-state index in [1.165, 1.54) is 32.7 Å². The summed E-state index contributed by atoms with van der Waals surface area (Å²) in [6, 6.07) is 12.5. The lowest BCUT2D eigenvalue weighted by molar-refractivity contribution is 0.000104. The van der Waals surface area contributed by atoms with Gasteiger partial charge in [-0.25, -0.2) is 0 Å². The van der Waals surface area contributed by atoms with E-state index >= 15 is 0 Å². The van der Waals surface area contributed by atoms with Gasteiger partial charge in [-0.2, -0.15) is 0 Å². The zero-order valence-corrected chi connectivity index (χ0v) is 13.1. The highest BCUT2D eigenvalue weighted by Gasteiger charge is 2.54. The summed E-state index contributed by atoms with van der Waals surface area (Å²) in [4.78, 5) is 0. The van der Waals surface area contributed by atoms with Crippen molar-refractivity contribution >= 4 is 21.5 Å². The smallest absolute Gasteiger partial charge is 0.118 e. The van der Waals surface area contributed by atoms with Gasteiger partial charge in [0, 0.05) is 0 Å². The van der Waals surface area contributed by atoms with Gasteiger partial charge in [-0.05, 0) is 57.6 Å². The normalized spacial score (nSPS) is 28.7. The third kappa shape index (κ3) is 1.59. The first kappa shape index (κ1) is 13.5. The van der Waals surface area contributed by atoms with Gasteiger partial charge in [0.2, 0.25) is 0 Å². The highest BCUT2D eigenvalue weighted by molar-refractivity contribution is 6.12. The summed E-state index contributed by atoms with van der Waals surface area (Å²) in [6.45, 7) is 4.29. The molecule has 0 spiro atoms. The summed E-state index contributed by atoms with van der Waals surface area (Å²) < 4.78 is 5.69. The molecule has 2 aliphatic rings. The van der Waals surface area contributed by atoms with Crippen LogP contribution in [0.25, 0.3) is 21.5 Å². The second-order valence-corrected chi connectivity index (χ2v) is 6.74. The van der Waals surface area contributed by atoms with Crippen LogP contribution in [0.15, 0.2) is 36.4 Å². The van der Waals surface area contributed by atoms with E-state index in [-0.39, 0.29) is 12.2 Å². The molecule has 1 aliphatic heterocycles. The Bertz CT molecular complexity index is 976. The first-order chi connectivity index (χ1) is 11.1. The quantitative estimate of drug-likeness (QED) is 0.494. The van der Waals surface area contributed by atoms with Crippen LogP contribution in [0.2, 0.25) is 0 Å². The molecule has 3 nitrogen and oxygen atoms in total. The standard InChI is InChI=1S/C20H18O3/c1-9-10(2)15-13(12-6-4-3-5-11(9)12)7-8-14-16(15)19-20(23-19)18(22)17(14)21/h3-8,17-22H,1-2H3/t17-,18+,19+,20-/m1/s1. The van der Waals surface area contributed by atoms with Crippen LogP contribution < -0.4 is 0 Å². The predicted octanol–water partition coefficient (Wildman–Crippen LogP) is 3.46. The van der Waals surface area contributed by atoms with Crippen LogP contribution in [0.4, 0.5) is 0 Å². The third-order valence-corrected chi connectivity index (χ3v) is 5.63. The van der Waals surface area contributed by atoms with Crippen LogP contribution in [0.1, 0.15) is 34.5 Å². The molecule has 3 heteroatoms. The van der Waals surface area contributed by atoms with Crippen LogP contribution in [-0.2, 0) is 4.74 Å². The summed E-state index contributed by atoms with van der Waals surface area (Å²) in [7, 11) is 0. The summed E-state index contributed by atoms with van der Waals surface area (Å²) in [6.07, 6.45) is -2.06. The van der Waals surface area contributed by atoms with Gasteiger partial charge in [0.05, 0.1) is 0 Å². The van der Waals surface area contributed by atoms with Crippen LogP contribution >= 0.6 is 0 Å². The first-order valence-corrected chi connectivity index (χ1v) is 8.05. The minimum Gasteiger partial charge on any atom is -0.387 e. The molecule has 5 rings (SSSR count). The van der Waals surface area contributed by atoms with Gasteiger partial charge in [-0.1, -0.05) is 36.4 Å². The number of ether oxygens (including phenoxy) is 1. The Labute approximate surface area is 134 Å². The zero-order chi connectivity index (χ0) is 15.9. The van der Waals surface area contributed by atoms with E-state index in [1.807, 2.05) is 6.07 Å². The number of epoxide rings is 1. The molecule has 0 saturated carbocycles. The number of aliphatic hydroxyl groups excluding tert-OH is 2. The molecule has 1 aliphatic carbocycles. The van der Waals surface area contributed by atoms with Gasteiger partial charge < -0.3 is 14.9 Å². The van der Waals surface area contributed by atoms with Crippen molar-refractivity contribution in [1.29, 1.82) is 0 Å². The molecular formula is C20H18O3. The van der Waals surface area contributed by atoms with Crippen LogP contribution in [0.3, 0.4) is 0 Å². The predicted molar refractivity (Wildman–Crippen MR) is 89.5 cm³/mol. The van der Waals surface area contributed by atoms with Crippen molar-refractivity contribution in [2.24, 2.45) is 0 Å². The highest BCUT2D eigenvalue weighted by atomic mass is 16.6. The van der Waals surface area contributed by atoms with Gasteiger partial charge in [-0.15, -0.1) is 0 Å². The summed E-state index contributed by atoms with van der Waals surface area (Å²) >= 11 is 0. The molecule has 23 heavy (non-hydrogen) atoms. The third-order valence-electron chi connectivity index (χ3n) is 5.63. The number of hydrogen-bond donors (Lipinski definition) is 2. The minimum atomic E-state index is -0.871. The molecule has 0 bridgehead atoms. The van der Waals surface area contributed by atoms with Gasteiger partial charge in [-0.3, -0.25) is 0 Å². The molecule has 1 saturated heterocycles. The Morgan fingerprint density at radius 1 is 0.870 bits per heavy atom. The second kappa shape index (κ2) is 4.32. The summed E-state index contributed by atoms with van der Waals surface area (Å²) in [5, 5.41) is 25.4. The molecule has 3 aromatic rings. The van der Waals surface area contributed by atoms with Crippen molar-refractivity contribution in [3.8, 4) is 0 Å². The Morgan fingerprint density at radius 3 is 2.39 bits per heavy atom. The van der Waals surface area contributed by atoms with E-state index in [2.05, 4.69) is 44.2 Å². The van der Waals surface area contributed by atoms with Gasteiger partial charge in [0.1, 0.15) is 24.4 Å². The monoisotopic (exact) mass is 306 g/mol. The molecule has 0 amide bonds. The maximum absolute atomic E-state index is 10.4. The van der Waals surface area contributed by atoms with Crippen LogP contribution in [0, 0.1) is 13.8 Å². The number of aryl methyl sites for hydroxylation is 2. The highest BCUT2D eigenvalue weighted by Crippen LogP contribution is 2.54. The van der Waals surface area contributed by atoms with E-state index in [4.69, 9.17) is 4.74 Å². The number of rotatable bonds is 0. The van der Waals surface area contributed by atoms with Crippen molar-refractivity contribution in [2.45, 2.75) is 38.3 Å². The molecule has 4 atom stereocenters. The lowest BCUT2D eigenvalue weighted by atomic mass is 9.81. The Balaban J connectivity index is 1.97. The Kier molecular flexibility index (Phi) is 2.54. The molecule has 1 fully saturated rings. The number of fused-ring (bicyclic) bond motifs is 7. The van der Waals surface area contributed by atoms with Crippen molar-refractivity contribution < 1.29 is 14.9 Å². The molecular weight excluding hydrogens is 288 g/mol. The van der Waals surface area contributed by atoms with Crippen molar-refractivity contribution in [2.75, 3.05) is 0 Å². The van der Waals surface area contributed by atoms with E-state index < -0.39 is 12.2 Å². The van der Waals surface area contributed by atoms with Crippen molar-refractivity contribution in [3.63, 3.8) is 0 Å². The van der Waals surface area contributed by atoms with Crippen molar-refractivity contribution in [3.05, 3.63) is 58.7 Å². The Hall–Kier alpha value is -1.94. The van der Waals surface area contributed by atoms with Crippen molar-refractivity contribution in [1.82, 2.24) is 0 Å². The molecule has 1 heterocycles. The van der Waals surface area contributed by atoms with Crippen LogP contribution in [-0.4, -0.2) is 22.4 Å². The molecule has 2 N–H and O–H groups in total. The van der Waals surface area contributed by atoms with Gasteiger partial charge in [0.15, 0.2) is 0 Å². The summed E-state index contributed by atoms with van der Waals surface area (Å²) in [5.41, 5.74) is 4.37. The fraction of sp³-hybridized carbons (Fsp3) is 0.300. The molecule has 0 aromatic heterocycles. The maximum atomic E-state index is 10.4. The Morgan fingerprint density at radius 2 is 1.61 bits per heavy atom. The molecule has 116 valence electrons. The SMILES string of the molecule is Cc1c(C)c2c3c(ccc2c2ccccc12)[C@@H](O)[C@H](O)[C@H]1O[C@@H]31. The maximum Gasteiger partial charge on any atom is 0.118 e. The average molecular weight is 306 g/mol. The summed E-state index contributed by atoms with van der Waals surface area (Å²) in [5.74, 6) is 0. The number of hydrogen-bond acceptors (Lipinski definition) is 3. The van der Waals surface area contributed by atoms with Gasteiger partial charge in [0.25, 0.3) is 0 Å². The lowest BCUT2D eigenvalue weighted by Crippen LogP contribution is -2.29. The number of aliphatic hydroxyl groups is 2. The topological polar surface area (TPSA) is 53.0 Å². The first-order valence-electron chi connectivity index (χ1n) is 8.05. The molecule has 0 unspecified atom stereocenters. The molecule has 0 radical (unpaired) electrons. The van der Waals surface area contributed by atoms with E-state index in [9.17, 15) is 10.2 Å². The minimum absolute atomic E-state index is 0.0913. The zero-order valence-electron chi connectivity index (χ0n) is 13.1. The largest absolute Gasteiger partial charge is 0.387 e. The molecule has 3 aromatic carbocycles.